The van der Waals surface area contributed by atoms with Crippen molar-refractivity contribution >= 4 is 15.9 Å². The lowest BCUT2D eigenvalue weighted by Crippen LogP contribution is -2.46. The molecule has 1 N–H and O–H groups in total. The highest BCUT2D eigenvalue weighted by Crippen LogP contribution is 2.21. The van der Waals surface area contributed by atoms with Gasteiger partial charge in [0.1, 0.15) is 6.04 Å². The number of hydrogen-bond donors (Lipinski definition) is 1. The van der Waals surface area contributed by atoms with Crippen molar-refractivity contribution in [2.75, 3.05) is 32.1 Å². The fourth-order valence-corrected chi connectivity index (χ4v) is 4.28. The van der Waals surface area contributed by atoms with Gasteiger partial charge in [-0.25, -0.2) is 8.42 Å². The molecule has 0 aliphatic carbocycles. The third kappa shape index (κ3) is 6.22. The topological polar surface area (TPSA) is 75.7 Å². The van der Waals surface area contributed by atoms with E-state index in [-0.39, 0.29) is 11.7 Å². The van der Waals surface area contributed by atoms with Crippen LogP contribution >= 0.6 is 0 Å². The van der Waals surface area contributed by atoms with Gasteiger partial charge in [-0.15, -0.1) is 0 Å². The van der Waals surface area contributed by atoms with Crippen molar-refractivity contribution in [3.63, 3.8) is 0 Å². The predicted octanol–water partition coefficient (Wildman–Crippen LogP) is 1.37. The molecule has 7 heteroatoms. The van der Waals surface area contributed by atoms with Crippen LogP contribution in [0.5, 0.6) is 0 Å². The minimum atomic E-state index is -3.31. The summed E-state index contributed by atoms with van der Waals surface area (Å²) in [6.07, 6.45) is 2.67. The van der Waals surface area contributed by atoms with Crippen molar-refractivity contribution < 1.29 is 17.9 Å². The molecule has 1 fully saturated rings. The van der Waals surface area contributed by atoms with E-state index in [1.165, 1.54) is 4.31 Å². The lowest BCUT2D eigenvalue weighted by Gasteiger charge is -2.23. The first kappa shape index (κ1) is 19.4. The zero-order valence-electron chi connectivity index (χ0n) is 14.0. The van der Waals surface area contributed by atoms with Crippen LogP contribution in [0.25, 0.3) is 0 Å². The average molecular weight is 334 g/mol. The van der Waals surface area contributed by atoms with E-state index in [1.54, 1.807) is 0 Å². The molecule has 130 valence electrons. The maximum Gasteiger partial charge on any atom is 0.238 e. The second kappa shape index (κ2) is 9.47. The van der Waals surface area contributed by atoms with Crippen molar-refractivity contribution in [2.24, 2.45) is 5.92 Å². The number of carbonyl (C=O) groups is 1. The zero-order valence-corrected chi connectivity index (χ0v) is 14.8. The molecule has 0 aromatic carbocycles. The van der Waals surface area contributed by atoms with E-state index < -0.39 is 16.1 Å². The molecule has 22 heavy (non-hydrogen) atoms. The van der Waals surface area contributed by atoms with Crippen LogP contribution in [0.2, 0.25) is 0 Å². The van der Waals surface area contributed by atoms with Gasteiger partial charge in [0.2, 0.25) is 15.9 Å². The molecule has 1 aliphatic rings. The molecular weight excluding hydrogens is 304 g/mol. The number of carbonyl (C=O) groups excluding carboxylic acids is 1. The molecule has 0 bridgehead atoms. The Morgan fingerprint density at radius 2 is 2.14 bits per heavy atom. The number of nitrogens with one attached hydrogen (secondary N) is 1. The summed E-state index contributed by atoms with van der Waals surface area (Å²) in [5, 5.41) is 2.83. The highest BCUT2D eigenvalue weighted by Gasteiger charge is 2.37. The number of hydrogen-bond acceptors (Lipinski definition) is 4. The maximum atomic E-state index is 12.2. The van der Waals surface area contributed by atoms with Crippen molar-refractivity contribution in [2.45, 2.75) is 52.5 Å². The van der Waals surface area contributed by atoms with Gasteiger partial charge in [0, 0.05) is 26.3 Å². The maximum absolute atomic E-state index is 12.2. The van der Waals surface area contributed by atoms with E-state index >= 15 is 0 Å². The minimum Gasteiger partial charge on any atom is -0.381 e. The molecule has 0 spiro atoms. The molecule has 6 nitrogen and oxygen atoms in total. The van der Waals surface area contributed by atoms with Gasteiger partial charge in [-0.3, -0.25) is 4.79 Å². The summed E-state index contributed by atoms with van der Waals surface area (Å²) in [5.41, 5.74) is 0. The van der Waals surface area contributed by atoms with E-state index in [2.05, 4.69) is 19.2 Å². The van der Waals surface area contributed by atoms with E-state index in [1.807, 2.05) is 6.92 Å². The third-order valence-corrected chi connectivity index (χ3v) is 5.62. The van der Waals surface area contributed by atoms with Crippen LogP contribution in [0.15, 0.2) is 0 Å². The molecule has 1 saturated heterocycles. The number of amides is 1. The third-order valence-electron chi connectivity index (χ3n) is 3.54. The molecule has 0 saturated carbocycles. The van der Waals surface area contributed by atoms with Gasteiger partial charge < -0.3 is 10.1 Å². The van der Waals surface area contributed by atoms with E-state index in [9.17, 15) is 13.2 Å². The van der Waals surface area contributed by atoms with Gasteiger partial charge in [0.15, 0.2) is 0 Å². The first-order chi connectivity index (χ1) is 10.4. The lowest BCUT2D eigenvalue weighted by atomic mass is 10.2. The molecule has 1 atom stereocenters. The normalized spacial score (nSPS) is 19.7. The van der Waals surface area contributed by atoms with Crippen molar-refractivity contribution in [1.82, 2.24) is 9.62 Å². The van der Waals surface area contributed by atoms with Crippen LogP contribution in [0.4, 0.5) is 0 Å². The Balaban J connectivity index is 2.35. The molecule has 0 aromatic rings. The van der Waals surface area contributed by atoms with E-state index in [0.29, 0.717) is 38.5 Å². The van der Waals surface area contributed by atoms with Crippen molar-refractivity contribution in [3.05, 3.63) is 0 Å². The molecular formula is C15H30N2O4S. The van der Waals surface area contributed by atoms with Crippen molar-refractivity contribution in [1.29, 1.82) is 0 Å². The van der Waals surface area contributed by atoms with E-state index in [4.69, 9.17) is 4.74 Å². The summed E-state index contributed by atoms with van der Waals surface area (Å²) >= 11 is 0. The molecule has 0 aromatic heterocycles. The van der Waals surface area contributed by atoms with Crippen LogP contribution < -0.4 is 5.32 Å². The monoisotopic (exact) mass is 334 g/mol. The Bertz CT molecular complexity index is 437. The Hall–Kier alpha value is -0.660. The van der Waals surface area contributed by atoms with Gasteiger partial charge >= 0.3 is 0 Å². The Morgan fingerprint density at radius 3 is 2.77 bits per heavy atom. The Kier molecular flexibility index (Phi) is 8.35. The number of rotatable bonds is 10. The molecule has 0 radical (unpaired) electrons. The van der Waals surface area contributed by atoms with Gasteiger partial charge in [0.05, 0.1) is 5.75 Å². The largest absolute Gasteiger partial charge is 0.381 e. The quantitative estimate of drug-likeness (QED) is 0.612. The Labute approximate surface area is 134 Å². The minimum absolute atomic E-state index is 0.111. The second-order valence-electron chi connectivity index (χ2n) is 6.20. The summed E-state index contributed by atoms with van der Waals surface area (Å²) in [7, 11) is -3.31. The molecule has 1 heterocycles. The van der Waals surface area contributed by atoms with Crippen LogP contribution in [0.3, 0.4) is 0 Å². The summed E-state index contributed by atoms with van der Waals surface area (Å²) in [6, 6.07) is -0.534. The van der Waals surface area contributed by atoms with Crippen LogP contribution in [0, 0.1) is 5.92 Å². The molecule has 1 unspecified atom stereocenters. The first-order valence-corrected chi connectivity index (χ1v) is 9.84. The highest BCUT2D eigenvalue weighted by molar-refractivity contribution is 7.89. The van der Waals surface area contributed by atoms with Gasteiger partial charge in [-0.1, -0.05) is 20.8 Å². The SMILES string of the molecule is CCCS(=O)(=O)N1CCCC1C(=O)NCCCOCC(C)C. The number of sulfonamides is 1. The van der Waals surface area contributed by atoms with E-state index in [0.717, 1.165) is 19.4 Å². The number of ether oxygens (including phenoxy) is 1. The number of nitrogens with zero attached hydrogens (tertiary/aromatic N) is 1. The second-order valence-corrected chi connectivity index (χ2v) is 8.24. The smallest absolute Gasteiger partial charge is 0.238 e. The van der Waals surface area contributed by atoms with Crippen molar-refractivity contribution in [3.8, 4) is 0 Å². The van der Waals surface area contributed by atoms with Crippen LogP contribution in [-0.2, 0) is 19.6 Å². The fourth-order valence-electron chi connectivity index (χ4n) is 2.53. The van der Waals surface area contributed by atoms with Gasteiger partial charge in [0.25, 0.3) is 0 Å². The average Bonchev–Trinajstić information content (AvgIpc) is 2.92. The molecule has 1 aliphatic heterocycles. The lowest BCUT2D eigenvalue weighted by molar-refractivity contribution is -0.124. The first-order valence-electron chi connectivity index (χ1n) is 8.23. The Morgan fingerprint density at radius 1 is 1.41 bits per heavy atom. The predicted molar refractivity (Wildman–Crippen MR) is 87.1 cm³/mol. The summed E-state index contributed by atoms with van der Waals surface area (Å²) in [4.78, 5) is 12.2. The molecule has 1 rings (SSSR count). The fraction of sp³-hybridized carbons (Fsp3) is 0.933. The van der Waals surface area contributed by atoms with Gasteiger partial charge in [-0.2, -0.15) is 4.31 Å². The zero-order chi connectivity index (χ0) is 16.6. The summed E-state index contributed by atoms with van der Waals surface area (Å²) in [5.74, 6) is 0.436. The van der Waals surface area contributed by atoms with Crippen LogP contribution in [0.1, 0.15) is 46.5 Å². The summed E-state index contributed by atoms with van der Waals surface area (Å²) < 4.78 is 31.1. The van der Waals surface area contributed by atoms with Crippen LogP contribution in [-0.4, -0.2) is 56.7 Å². The summed E-state index contributed by atoms with van der Waals surface area (Å²) in [6.45, 7) is 8.33. The molecule has 1 amide bonds. The standard InChI is InChI=1S/C15H30N2O4S/c1-4-11-22(19,20)17-9-5-7-14(17)15(18)16-8-6-10-21-12-13(2)3/h13-14H,4-12H2,1-3H3,(H,16,18). The van der Waals surface area contributed by atoms with Gasteiger partial charge in [-0.05, 0) is 31.6 Å². The highest BCUT2D eigenvalue weighted by atomic mass is 32.2.